The number of hydrogen-bond acceptors (Lipinski definition) is 7. The van der Waals surface area contributed by atoms with E-state index < -0.39 is 12.1 Å². The summed E-state index contributed by atoms with van der Waals surface area (Å²) < 4.78 is -0.287. The van der Waals surface area contributed by atoms with Crippen molar-refractivity contribution in [3.8, 4) is 0 Å². The van der Waals surface area contributed by atoms with Crippen LogP contribution in [0.1, 0.15) is 37.3 Å². The van der Waals surface area contributed by atoms with E-state index in [9.17, 15) is 9.59 Å². The van der Waals surface area contributed by atoms with Gasteiger partial charge in [0, 0.05) is 9.77 Å². The van der Waals surface area contributed by atoms with Gasteiger partial charge >= 0.3 is 0 Å². The van der Waals surface area contributed by atoms with Crippen LogP contribution in [0.5, 0.6) is 0 Å². The lowest BCUT2D eigenvalue weighted by molar-refractivity contribution is -0.161. The third kappa shape index (κ3) is 2.48. The first-order chi connectivity index (χ1) is 13.4. The minimum Gasteiger partial charge on any atom is -0.314 e. The van der Waals surface area contributed by atoms with Crippen molar-refractivity contribution in [3.63, 3.8) is 0 Å². The summed E-state index contributed by atoms with van der Waals surface area (Å²) in [5.41, 5.74) is 0.838. The maximum atomic E-state index is 13.0. The van der Waals surface area contributed by atoms with Gasteiger partial charge in [-0.1, -0.05) is 28.9 Å². The van der Waals surface area contributed by atoms with E-state index in [0.29, 0.717) is 17.5 Å². The highest BCUT2D eigenvalue weighted by Gasteiger charge is 2.65. The molecule has 0 spiro atoms. The molecule has 3 aliphatic heterocycles. The summed E-state index contributed by atoms with van der Waals surface area (Å²) in [5.74, 6) is 0.322. The Morgan fingerprint density at radius 2 is 1.96 bits per heavy atom. The summed E-state index contributed by atoms with van der Waals surface area (Å²) in [7, 11) is 0. The van der Waals surface area contributed by atoms with Gasteiger partial charge in [0.25, 0.3) is 0 Å². The van der Waals surface area contributed by atoms with Crippen LogP contribution in [0.2, 0.25) is 5.02 Å². The molecule has 0 bridgehead atoms. The molecule has 3 fully saturated rings. The number of H-pyrrole nitrogens is 1. The Morgan fingerprint density at radius 1 is 1.21 bits per heavy atom. The fourth-order valence-corrected chi connectivity index (χ4v) is 6.08. The van der Waals surface area contributed by atoms with E-state index in [2.05, 4.69) is 39.8 Å². The van der Waals surface area contributed by atoms with Crippen molar-refractivity contribution in [2.75, 3.05) is 6.67 Å². The number of thioether (sulfide) groups is 1. The average Bonchev–Trinajstić information content (AvgIpc) is 3.35. The number of nitrogens with one attached hydrogen (secondary N) is 2. The molecule has 4 heterocycles. The van der Waals surface area contributed by atoms with Crippen molar-refractivity contribution in [1.82, 2.24) is 35.7 Å². The quantitative estimate of drug-likeness (QED) is 0.717. The number of aromatic nitrogens is 4. The molecule has 0 aliphatic carbocycles. The Kier molecular flexibility index (Phi) is 3.94. The molecule has 28 heavy (non-hydrogen) atoms. The van der Waals surface area contributed by atoms with Gasteiger partial charge in [-0.3, -0.25) is 14.9 Å². The van der Waals surface area contributed by atoms with Crippen molar-refractivity contribution in [2.45, 2.75) is 42.1 Å². The second kappa shape index (κ2) is 6.16. The zero-order chi connectivity index (χ0) is 19.6. The smallest absolute Gasteiger partial charge is 0.250 e. The Balaban J connectivity index is 1.38. The molecule has 0 saturated carbocycles. The molecule has 9 nitrogen and oxygen atoms in total. The first kappa shape index (κ1) is 17.9. The molecule has 1 aromatic heterocycles. The van der Waals surface area contributed by atoms with E-state index in [1.165, 1.54) is 0 Å². The van der Waals surface area contributed by atoms with Crippen molar-refractivity contribution < 1.29 is 9.59 Å². The molecule has 3 saturated heterocycles. The number of tetrazole rings is 1. The number of fused-ring (bicyclic) bond motifs is 1. The van der Waals surface area contributed by atoms with Gasteiger partial charge < -0.3 is 9.80 Å². The SMILES string of the molecule is CC1(C)S[C@H]2C(N3CNC(c4ccc(Cl)cc4)C3=O)C(=O)N2C1c1nn[nH]n1. The minimum absolute atomic E-state index is 0.0789. The van der Waals surface area contributed by atoms with E-state index >= 15 is 0 Å². The molecule has 3 unspecified atom stereocenters. The molecule has 1 aromatic carbocycles. The molecule has 0 radical (unpaired) electrons. The number of β-lactam (4-membered cyclic amide) rings is 1. The maximum absolute atomic E-state index is 13.0. The van der Waals surface area contributed by atoms with E-state index in [1.807, 2.05) is 12.1 Å². The Labute approximate surface area is 170 Å². The molecule has 3 aliphatic rings. The van der Waals surface area contributed by atoms with Gasteiger partial charge in [-0.2, -0.15) is 5.21 Å². The van der Waals surface area contributed by atoms with Crippen LogP contribution in [0.3, 0.4) is 0 Å². The molecule has 2 amide bonds. The molecule has 2 N–H and O–H groups in total. The largest absolute Gasteiger partial charge is 0.314 e. The highest BCUT2D eigenvalue weighted by atomic mass is 35.5. The predicted molar refractivity (Wildman–Crippen MR) is 102 cm³/mol. The van der Waals surface area contributed by atoms with Crippen LogP contribution in [-0.4, -0.2) is 65.1 Å². The zero-order valence-electron chi connectivity index (χ0n) is 15.2. The van der Waals surface area contributed by atoms with Gasteiger partial charge in [-0.15, -0.1) is 22.0 Å². The number of rotatable bonds is 3. The van der Waals surface area contributed by atoms with Crippen LogP contribution in [0.25, 0.3) is 0 Å². The first-order valence-corrected chi connectivity index (χ1v) is 10.2. The van der Waals surface area contributed by atoms with Gasteiger partial charge in [0.05, 0.1) is 6.67 Å². The summed E-state index contributed by atoms with van der Waals surface area (Å²) in [4.78, 5) is 29.5. The lowest BCUT2D eigenvalue weighted by Crippen LogP contribution is -2.68. The number of halogens is 1. The second-order valence-corrected chi connectivity index (χ2v) is 9.84. The number of benzene rings is 1. The Morgan fingerprint density at radius 3 is 2.64 bits per heavy atom. The van der Waals surface area contributed by atoms with Crippen LogP contribution in [0.15, 0.2) is 24.3 Å². The van der Waals surface area contributed by atoms with Gasteiger partial charge in [-0.05, 0) is 31.5 Å². The maximum Gasteiger partial charge on any atom is 0.250 e. The van der Waals surface area contributed by atoms with Gasteiger partial charge in [0.15, 0.2) is 5.82 Å². The number of nitrogens with zero attached hydrogens (tertiary/aromatic N) is 5. The number of hydrogen-bond donors (Lipinski definition) is 2. The first-order valence-electron chi connectivity index (χ1n) is 8.91. The van der Waals surface area contributed by atoms with Crippen molar-refractivity contribution >= 4 is 35.2 Å². The van der Waals surface area contributed by atoms with E-state index in [0.717, 1.165) is 5.56 Å². The van der Waals surface area contributed by atoms with Gasteiger partial charge in [0.2, 0.25) is 11.8 Å². The minimum atomic E-state index is -0.488. The van der Waals surface area contributed by atoms with Crippen molar-refractivity contribution in [1.29, 1.82) is 0 Å². The van der Waals surface area contributed by atoms with Gasteiger partial charge in [-0.25, -0.2) is 0 Å². The third-order valence-corrected chi connectivity index (χ3v) is 7.36. The van der Waals surface area contributed by atoms with Crippen LogP contribution in [-0.2, 0) is 9.59 Å². The number of aromatic amines is 1. The summed E-state index contributed by atoms with van der Waals surface area (Å²) in [5, 5.41) is 18.0. The zero-order valence-corrected chi connectivity index (χ0v) is 16.7. The van der Waals surface area contributed by atoms with Crippen LogP contribution in [0, 0.1) is 0 Å². The average molecular weight is 420 g/mol. The molecule has 4 atom stereocenters. The number of amides is 2. The second-order valence-electron chi connectivity index (χ2n) is 7.63. The fraction of sp³-hybridized carbons (Fsp3) is 0.471. The predicted octanol–water partition coefficient (Wildman–Crippen LogP) is 1.09. The Bertz CT molecular complexity index is 935. The van der Waals surface area contributed by atoms with E-state index in [-0.39, 0.29) is 28.0 Å². The normalized spacial score (nSPS) is 31.2. The molecule has 146 valence electrons. The topological polar surface area (TPSA) is 107 Å². The van der Waals surface area contributed by atoms with Crippen molar-refractivity contribution in [3.05, 3.63) is 40.7 Å². The van der Waals surface area contributed by atoms with Crippen molar-refractivity contribution in [2.24, 2.45) is 0 Å². The summed E-state index contributed by atoms with van der Waals surface area (Å²) in [6.45, 7) is 4.45. The summed E-state index contributed by atoms with van der Waals surface area (Å²) >= 11 is 7.61. The highest BCUT2D eigenvalue weighted by Crippen LogP contribution is 2.57. The molecular formula is C17H18ClN7O2S. The van der Waals surface area contributed by atoms with E-state index in [1.54, 1.807) is 33.7 Å². The summed E-state index contributed by atoms with van der Waals surface area (Å²) in [6, 6.07) is 5.95. The highest BCUT2D eigenvalue weighted by molar-refractivity contribution is 8.01. The molecule has 2 aromatic rings. The van der Waals surface area contributed by atoms with Gasteiger partial charge in [0.1, 0.15) is 23.5 Å². The Hall–Kier alpha value is -2.17. The van der Waals surface area contributed by atoms with Crippen LogP contribution < -0.4 is 5.32 Å². The molecule has 5 rings (SSSR count). The number of carbonyl (C=O) groups is 2. The number of carbonyl (C=O) groups excluding carboxylic acids is 2. The standard InChI is InChI=1S/C17H18ClN7O2S/c1-17(2)12(13-20-22-23-21-13)25-15(27)11(16(25)28-17)24-7-19-10(14(24)26)8-3-5-9(18)6-4-8/h3-6,10-12,16,19H,7H2,1-2H3,(H,20,21,22,23)/t10?,11?,12?,16-/m0/s1. The third-order valence-electron chi connectivity index (χ3n) is 5.55. The van der Waals surface area contributed by atoms with E-state index in [4.69, 9.17) is 11.6 Å². The van der Waals surface area contributed by atoms with Crippen LogP contribution >= 0.6 is 23.4 Å². The monoisotopic (exact) mass is 419 g/mol. The molecule has 11 heteroatoms. The van der Waals surface area contributed by atoms with Crippen LogP contribution in [0.4, 0.5) is 0 Å². The fourth-order valence-electron chi connectivity index (χ4n) is 4.26. The molecular weight excluding hydrogens is 402 g/mol. The summed E-state index contributed by atoms with van der Waals surface area (Å²) in [6.07, 6.45) is 0. The lowest BCUT2D eigenvalue weighted by Gasteiger charge is -2.47. The lowest BCUT2D eigenvalue weighted by atomic mass is 9.94.